The summed E-state index contributed by atoms with van der Waals surface area (Å²) in [5.74, 6) is 0. The maximum atomic E-state index is 5.51. The molecule has 2 nitrogen and oxygen atoms in total. The van der Waals surface area contributed by atoms with Gasteiger partial charge in [0, 0.05) is 16.7 Å². The fourth-order valence-corrected chi connectivity index (χ4v) is 6.93. The lowest BCUT2D eigenvalue weighted by atomic mass is 9.89. The van der Waals surface area contributed by atoms with Crippen LogP contribution in [0.1, 0.15) is 80.9 Å². The van der Waals surface area contributed by atoms with Crippen molar-refractivity contribution in [3.8, 4) is 0 Å². The Morgan fingerprint density at radius 1 is 0.724 bits per heavy atom. The number of hydrogen-bond acceptors (Lipinski definition) is 1. The molecule has 1 unspecified atom stereocenters. The van der Waals surface area contributed by atoms with Gasteiger partial charge in [0.15, 0.2) is 6.04 Å². The van der Waals surface area contributed by atoms with Gasteiger partial charge in [0.25, 0.3) is 0 Å². The molecule has 4 aliphatic rings. The lowest BCUT2D eigenvalue weighted by molar-refractivity contribution is -0.832. The molecule has 0 amide bonds. The van der Waals surface area contributed by atoms with E-state index >= 15 is 0 Å². The summed E-state index contributed by atoms with van der Waals surface area (Å²) in [7, 11) is 0. The molecule has 2 aromatic rings. The summed E-state index contributed by atoms with van der Waals surface area (Å²) in [6.07, 6.45) is 13.7. The lowest BCUT2D eigenvalue weighted by Crippen LogP contribution is -3.04. The van der Waals surface area contributed by atoms with Crippen molar-refractivity contribution in [1.29, 1.82) is 0 Å². The molecule has 2 heteroatoms. The van der Waals surface area contributed by atoms with Gasteiger partial charge in [0.05, 0.1) is 12.1 Å². The predicted octanol–water partition coefficient (Wildman–Crippen LogP) is 4.67. The van der Waals surface area contributed by atoms with Gasteiger partial charge in [-0.1, -0.05) is 80.3 Å². The average molecular weight is 386 g/mol. The van der Waals surface area contributed by atoms with E-state index in [0.29, 0.717) is 12.1 Å². The summed E-state index contributed by atoms with van der Waals surface area (Å²) in [6.45, 7) is 0. The zero-order valence-corrected chi connectivity index (χ0v) is 17.4. The minimum Gasteiger partial charge on any atom is -0.301 e. The Kier molecular flexibility index (Phi) is 4.37. The third kappa shape index (κ3) is 2.68. The van der Waals surface area contributed by atoms with Crippen LogP contribution in [0.5, 0.6) is 0 Å². The van der Waals surface area contributed by atoms with Crippen molar-refractivity contribution >= 4 is 5.71 Å². The highest BCUT2D eigenvalue weighted by atomic mass is 15.4. The van der Waals surface area contributed by atoms with Crippen molar-refractivity contribution in [3.05, 3.63) is 71.3 Å². The quantitative estimate of drug-likeness (QED) is 0.740. The molecule has 0 radical (unpaired) electrons. The first-order valence-electron chi connectivity index (χ1n) is 12.0. The van der Waals surface area contributed by atoms with Crippen LogP contribution in [-0.4, -0.2) is 23.8 Å². The topological polar surface area (TPSA) is 16.8 Å². The standard InChI is InChI=1S/C27H32N2/c1-4-12-20(13-5-1)27-24-19-11-10-18-23(24)25(28-21-14-6-2-7-15-21)26(27)29(27)22-16-8-3-9-17-22/h1,4-5,10-13,18-19,21-22,26H,2-3,6-9,14-17H2/p+1/t26-,27+,29?/m0/s1. The molecule has 0 bridgehead atoms. The van der Waals surface area contributed by atoms with Gasteiger partial charge >= 0.3 is 0 Å². The Balaban J connectivity index is 1.49. The second-order valence-electron chi connectivity index (χ2n) is 9.75. The first-order chi connectivity index (χ1) is 14.4. The van der Waals surface area contributed by atoms with Crippen molar-refractivity contribution in [1.82, 2.24) is 0 Å². The zero-order chi connectivity index (χ0) is 19.3. The van der Waals surface area contributed by atoms with Crippen molar-refractivity contribution in [2.45, 2.75) is 87.9 Å². The molecule has 1 heterocycles. The average Bonchev–Trinajstić information content (AvgIpc) is 3.42. The number of benzene rings is 2. The molecule has 1 saturated heterocycles. The fourth-order valence-electron chi connectivity index (χ4n) is 6.93. The van der Waals surface area contributed by atoms with Crippen molar-refractivity contribution in [2.24, 2.45) is 4.99 Å². The van der Waals surface area contributed by atoms with Crippen LogP contribution in [0.4, 0.5) is 0 Å². The Bertz CT molecular complexity index is 905. The summed E-state index contributed by atoms with van der Waals surface area (Å²) in [6, 6.07) is 22.5. The Labute approximate surface area is 175 Å². The molecule has 2 saturated carbocycles. The number of hydrogen-bond donors (Lipinski definition) is 1. The molecule has 3 atom stereocenters. The van der Waals surface area contributed by atoms with Gasteiger partial charge < -0.3 is 4.90 Å². The molecular formula is C27H33N2+. The minimum atomic E-state index is 0.118. The van der Waals surface area contributed by atoms with Gasteiger partial charge in [-0.15, -0.1) is 0 Å². The third-order valence-electron chi connectivity index (χ3n) is 8.19. The number of rotatable bonds is 3. The fraction of sp³-hybridized carbons (Fsp3) is 0.519. The highest BCUT2D eigenvalue weighted by Gasteiger charge is 2.79. The van der Waals surface area contributed by atoms with E-state index in [9.17, 15) is 0 Å². The Morgan fingerprint density at radius 3 is 2.14 bits per heavy atom. The van der Waals surface area contributed by atoms with E-state index in [4.69, 9.17) is 4.99 Å². The summed E-state index contributed by atoms with van der Waals surface area (Å²) in [4.78, 5) is 7.33. The van der Waals surface area contributed by atoms with Gasteiger partial charge in [-0.05, 0) is 38.5 Å². The van der Waals surface area contributed by atoms with Gasteiger partial charge in [-0.3, -0.25) is 4.99 Å². The summed E-state index contributed by atoms with van der Waals surface area (Å²) in [5, 5.41) is 0. The molecule has 1 aliphatic heterocycles. The zero-order valence-electron chi connectivity index (χ0n) is 17.4. The maximum absolute atomic E-state index is 5.51. The van der Waals surface area contributed by atoms with Crippen molar-refractivity contribution < 1.29 is 4.90 Å². The molecule has 150 valence electrons. The third-order valence-corrected chi connectivity index (χ3v) is 8.19. The van der Waals surface area contributed by atoms with Crippen molar-refractivity contribution in [3.63, 3.8) is 0 Å². The van der Waals surface area contributed by atoms with Gasteiger partial charge in [0.2, 0.25) is 5.54 Å². The molecular weight excluding hydrogens is 352 g/mol. The summed E-state index contributed by atoms with van der Waals surface area (Å²) < 4.78 is 0. The van der Waals surface area contributed by atoms with E-state index in [1.54, 1.807) is 5.56 Å². The van der Waals surface area contributed by atoms with Crippen LogP contribution in [0.15, 0.2) is 59.6 Å². The molecule has 3 aliphatic carbocycles. The highest BCUT2D eigenvalue weighted by molar-refractivity contribution is 6.11. The number of quaternary nitrogens is 1. The number of aliphatic imine (C=N–C) groups is 1. The van der Waals surface area contributed by atoms with Crippen LogP contribution in [0.3, 0.4) is 0 Å². The van der Waals surface area contributed by atoms with Crippen molar-refractivity contribution in [2.75, 3.05) is 0 Å². The van der Waals surface area contributed by atoms with Gasteiger partial charge in [0.1, 0.15) is 5.71 Å². The van der Waals surface area contributed by atoms with E-state index < -0.39 is 0 Å². The highest BCUT2D eigenvalue weighted by Crippen LogP contribution is 2.49. The minimum absolute atomic E-state index is 0.118. The maximum Gasteiger partial charge on any atom is 0.209 e. The van der Waals surface area contributed by atoms with E-state index in [1.165, 1.54) is 81.0 Å². The van der Waals surface area contributed by atoms with Crippen LogP contribution in [0, 0.1) is 0 Å². The lowest BCUT2D eigenvalue weighted by Gasteiger charge is -2.26. The largest absolute Gasteiger partial charge is 0.301 e. The molecule has 6 rings (SSSR count). The first-order valence-corrected chi connectivity index (χ1v) is 12.0. The van der Waals surface area contributed by atoms with Gasteiger partial charge in [-0.25, -0.2) is 0 Å². The normalized spacial score (nSPS) is 33.4. The van der Waals surface area contributed by atoms with Crippen LogP contribution in [0.2, 0.25) is 0 Å². The Morgan fingerprint density at radius 2 is 1.38 bits per heavy atom. The number of nitrogens with zero attached hydrogens (tertiary/aromatic N) is 1. The molecule has 3 fully saturated rings. The van der Waals surface area contributed by atoms with E-state index in [2.05, 4.69) is 54.6 Å². The van der Waals surface area contributed by atoms with Crippen LogP contribution >= 0.6 is 0 Å². The molecule has 2 aromatic carbocycles. The Hall–Kier alpha value is -1.93. The molecule has 0 spiro atoms. The monoisotopic (exact) mass is 385 g/mol. The number of fused-ring (bicyclic) bond motifs is 3. The summed E-state index contributed by atoms with van der Waals surface area (Å²) in [5.41, 5.74) is 6.06. The summed E-state index contributed by atoms with van der Waals surface area (Å²) >= 11 is 0. The second-order valence-corrected chi connectivity index (χ2v) is 9.75. The SMILES string of the molecule is c1ccc([C@@]23c4ccccc4C(=NC4CCCCC4)[C@@H]2[NH+]3C2CCCCC2)cc1. The van der Waals surface area contributed by atoms with Crippen LogP contribution in [0.25, 0.3) is 0 Å². The van der Waals surface area contributed by atoms with Crippen LogP contribution < -0.4 is 4.90 Å². The molecule has 0 aromatic heterocycles. The van der Waals surface area contributed by atoms with Crippen LogP contribution in [-0.2, 0) is 5.54 Å². The predicted molar refractivity (Wildman–Crippen MR) is 119 cm³/mol. The van der Waals surface area contributed by atoms with Gasteiger partial charge in [-0.2, -0.15) is 0 Å². The smallest absolute Gasteiger partial charge is 0.209 e. The molecule has 29 heavy (non-hydrogen) atoms. The molecule has 1 N–H and O–H groups in total. The first kappa shape index (κ1) is 17.9. The van der Waals surface area contributed by atoms with E-state index in [0.717, 1.165) is 6.04 Å². The van der Waals surface area contributed by atoms with E-state index in [1.807, 2.05) is 4.90 Å². The number of nitrogens with one attached hydrogen (secondary N) is 1. The van der Waals surface area contributed by atoms with E-state index in [-0.39, 0.29) is 5.54 Å². The second kappa shape index (κ2) is 7.09.